The summed E-state index contributed by atoms with van der Waals surface area (Å²) in [4.78, 5) is 0. The first kappa shape index (κ1) is 12.8. The number of hydrogen-bond donors (Lipinski definition) is 2. The lowest BCUT2D eigenvalue weighted by Gasteiger charge is -2.16. The Morgan fingerprint density at radius 1 is 1.31 bits per heavy atom. The molecule has 1 unspecified atom stereocenters. The smallest absolute Gasteiger partial charge is 0.119 e. The van der Waals surface area contributed by atoms with E-state index in [1.54, 1.807) is 38.4 Å². The third-order valence-corrected chi connectivity index (χ3v) is 2.00. The Morgan fingerprint density at radius 3 is 2.38 bits per heavy atom. The summed E-state index contributed by atoms with van der Waals surface area (Å²) in [7, 11) is 3.30. The molecule has 5 heteroatoms. The molecule has 3 N–H and O–H groups in total. The highest BCUT2D eigenvalue weighted by Crippen LogP contribution is 2.16. The van der Waals surface area contributed by atoms with Crippen molar-refractivity contribution in [3.63, 3.8) is 0 Å². The van der Waals surface area contributed by atoms with Crippen LogP contribution in [0.1, 0.15) is 0 Å². The van der Waals surface area contributed by atoms with E-state index in [1.807, 2.05) is 0 Å². The molecule has 0 amide bonds. The Bertz CT molecular complexity index is 301. The molecule has 16 heavy (non-hydrogen) atoms. The van der Waals surface area contributed by atoms with Crippen LogP contribution >= 0.6 is 0 Å². The summed E-state index contributed by atoms with van der Waals surface area (Å²) in [5, 5.41) is 10.9. The van der Waals surface area contributed by atoms with Crippen molar-refractivity contribution < 1.29 is 14.6 Å². The molecule has 1 rings (SSSR count). The van der Waals surface area contributed by atoms with Gasteiger partial charge in [-0.25, -0.2) is 5.01 Å². The largest absolute Gasteiger partial charge is 0.497 e. The SMILES string of the molecule is COc1ccc(OCC(O)CN(C)N)cc1. The summed E-state index contributed by atoms with van der Waals surface area (Å²) >= 11 is 0. The van der Waals surface area contributed by atoms with E-state index in [2.05, 4.69) is 0 Å². The molecule has 0 saturated heterocycles. The van der Waals surface area contributed by atoms with Gasteiger partial charge in [0.25, 0.3) is 0 Å². The molecule has 0 fully saturated rings. The Hall–Kier alpha value is -1.30. The number of rotatable bonds is 6. The van der Waals surface area contributed by atoms with Gasteiger partial charge in [0, 0.05) is 13.6 Å². The highest BCUT2D eigenvalue weighted by Gasteiger charge is 2.06. The van der Waals surface area contributed by atoms with E-state index in [4.69, 9.17) is 15.3 Å². The zero-order chi connectivity index (χ0) is 12.0. The van der Waals surface area contributed by atoms with E-state index in [1.165, 1.54) is 5.01 Å². The van der Waals surface area contributed by atoms with Gasteiger partial charge >= 0.3 is 0 Å². The minimum Gasteiger partial charge on any atom is -0.497 e. The number of benzene rings is 1. The van der Waals surface area contributed by atoms with Crippen molar-refractivity contribution in [2.24, 2.45) is 5.84 Å². The molecule has 0 saturated carbocycles. The zero-order valence-corrected chi connectivity index (χ0v) is 9.59. The van der Waals surface area contributed by atoms with Crippen LogP contribution in [0, 0.1) is 0 Å². The van der Waals surface area contributed by atoms with E-state index in [0.717, 1.165) is 5.75 Å². The standard InChI is InChI=1S/C11H18N2O3/c1-13(12)7-9(14)8-16-11-5-3-10(15-2)4-6-11/h3-6,9,14H,7-8,12H2,1-2H3. The second-order valence-electron chi connectivity index (χ2n) is 3.58. The summed E-state index contributed by atoms with van der Waals surface area (Å²) in [6.45, 7) is 0.587. The van der Waals surface area contributed by atoms with Gasteiger partial charge in [0.1, 0.15) is 24.2 Å². The van der Waals surface area contributed by atoms with Crippen molar-refractivity contribution in [2.75, 3.05) is 27.3 Å². The van der Waals surface area contributed by atoms with Gasteiger partial charge in [0.15, 0.2) is 0 Å². The van der Waals surface area contributed by atoms with Crippen LogP contribution in [0.15, 0.2) is 24.3 Å². The number of aliphatic hydroxyl groups is 1. The topological polar surface area (TPSA) is 68.0 Å². The minimum atomic E-state index is -0.600. The van der Waals surface area contributed by atoms with Crippen LogP contribution in [0.5, 0.6) is 11.5 Å². The molecular formula is C11H18N2O3. The Labute approximate surface area is 95.3 Å². The van der Waals surface area contributed by atoms with Crippen molar-refractivity contribution in [3.05, 3.63) is 24.3 Å². The number of aliphatic hydroxyl groups excluding tert-OH is 1. The molecule has 0 spiro atoms. The quantitative estimate of drug-likeness (QED) is 0.537. The predicted molar refractivity (Wildman–Crippen MR) is 61.3 cm³/mol. The Morgan fingerprint density at radius 2 is 1.88 bits per heavy atom. The van der Waals surface area contributed by atoms with Gasteiger partial charge in [-0.1, -0.05) is 0 Å². The number of hydrazine groups is 1. The highest BCUT2D eigenvalue weighted by molar-refractivity contribution is 5.31. The average Bonchev–Trinajstić information content (AvgIpc) is 2.26. The number of nitrogens with two attached hydrogens (primary N) is 1. The normalized spacial score (nSPS) is 12.6. The van der Waals surface area contributed by atoms with Crippen LogP contribution in [0.3, 0.4) is 0 Å². The third kappa shape index (κ3) is 4.48. The molecule has 90 valence electrons. The molecule has 0 aliphatic rings. The molecule has 0 radical (unpaired) electrons. The average molecular weight is 226 g/mol. The Balaban J connectivity index is 2.36. The molecule has 0 aliphatic heterocycles. The maximum absolute atomic E-state index is 9.51. The van der Waals surface area contributed by atoms with Crippen LogP contribution in [0.4, 0.5) is 0 Å². The fourth-order valence-electron chi connectivity index (χ4n) is 1.25. The first-order chi connectivity index (χ1) is 7.61. The number of ether oxygens (including phenoxy) is 2. The van der Waals surface area contributed by atoms with Crippen molar-refractivity contribution >= 4 is 0 Å². The van der Waals surface area contributed by atoms with Gasteiger partial charge in [-0.2, -0.15) is 0 Å². The highest BCUT2D eigenvalue weighted by atomic mass is 16.5. The van der Waals surface area contributed by atoms with Gasteiger partial charge in [0.2, 0.25) is 0 Å². The maximum atomic E-state index is 9.51. The zero-order valence-electron chi connectivity index (χ0n) is 9.59. The molecule has 0 aromatic heterocycles. The van der Waals surface area contributed by atoms with Crippen molar-refractivity contribution in [3.8, 4) is 11.5 Å². The lowest BCUT2D eigenvalue weighted by Crippen LogP contribution is -2.37. The van der Waals surface area contributed by atoms with Crippen LogP contribution < -0.4 is 15.3 Å². The van der Waals surface area contributed by atoms with E-state index in [0.29, 0.717) is 12.3 Å². The lowest BCUT2D eigenvalue weighted by atomic mass is 10.3. The molecule has 0 aliphatic carbocycles. The number of methoxy groups -OCH3 is 1. The van der Waals surface area contributed by atoms with Gasteiger partial charge in [-0.3, -0.25) is 5.84 Å². The molecular weight excluding hydrogens is 208 g/mol. The minimum absolute atomic E-state index is 0.216. The molecule has 1 atom stereocenters. The van der Waals surface area contributed by atoms with E-state index < -0.39 is 6.10 Å². The third-order valence-electron chi connectivity index (χ3n) is 2.00. The summed E-state index contributed by atoms with van der Waals surface area (Å²) < 4.78 is 10.4. The first-order valence-electron chi connectivity index (χ1n) is 5.02. The monoisotopic (exact) mass is 226 g/mol. The molecule has 1 aromatic rings. The second-order valence-corrected chi connectivity index (χ2v) is 3.58. The fourth-order valence-corrected chi connectivity index (χ4v) is 1.25. The van der Waals surface area contributed by atoms with Gasteiger partial charge in [-0.05, 0) is 24.3 Å². The van der Waals surface area contributed by atoms with Crippen molar-refractivity contribution in [2.45, 2.75) is 6.10 Å². The number of likely N-dealkylation sites (N-methyl/N-ethyl adjacent to an activating group) is 1. The summed E-state index contributed by atoms with van der Waals surface area (Å²) in [5.74, 6) is 6.87. The van der Waals surface area contributed by atoms with Gasteiger partial charge < -0.3 is 14.6 Å². The summed E-state index contributed by atoms with van der Waals surface area (Å²) in [6.07, 6.45) is -0.600. The Kier molecular flexibility index (Phi) is 5.04. The molecule has 0 heterocycles. The van der Waals surface area contributed by atoms with E-state index in [-0.39, 0.29) is 6.61 Å². The van der Waals surface area contributed by atoms with Crippen LogP contribution in [-0.2, 0) is 0 Å². The van der Waals surface area contributed by atoms with Crippen LogP contribution in [0.2, 0.25) is 0 Å². The van der Waals surface area contributed by atoms with Crippen molar-refractivity contribution in [1.82, 2.24) is 5.01 Å². The van der Waals surface area contributed by atoms with Crippen LogP contribution in [0.25, 0.3) is 0 Å². The lowest BCUT2D eigenvalue weighted by molar-refractivity contribution is 0.0765. The summed E-state index contributed by atoms with van der Waals surface area (Å²) in [6, 6.07) is 7.18. The molecule has 1 aromatic carbocycles. The number of hydrogen-bond acceptors (Lipinski definition) is 5. The molecule has 0 bridgehead atoms. The summed E-state index contributed by atoms with van der Waals surface area (Å²) in [5.41, 5.74) is 0. The maximum Gasteiger partial charge on any atom is 0.119 e. The molecule has 5 nitrogen and oxygen atoms in total. The first-order valence-corrected chi connectivity index (χ1v) is 5.02. The van der Waals surface area contributed by atoms with Crippen LogP contribution in [-0.4, -0.2) is 43.5 Å². The van der Waals surface area contributed by atoms with Crippen molar-refractivity contribution in [1.29, 1.82) is 0 Å². The number of nitrogens with zero attached hydrogens (tertiary/aromatic N) is 1. The van der Waals surface area contributed by atoms with Gasteiger partial charge in [0.05, 0.1) is 7.11 Å². The van der Waals surface area contributed by atoms with E-state index in [9.17, 15) is 5.11 Å². The predicted octanol–water partition coefficient (Wildman–Crippen LogP) is 0.240. The second kappa shape index (κ2) is 6.32. The van der Waals surface area contributed by atoms with Gasteiger partial charge in [-0.15, -0.1) is 0 Å². The van der Waals surface area contributed by atoms with E-state index >= 15 is 0 Å². The fraction of sp³-hybridized carbons (Fsp3) is 0.455.